The summed E-state index contributed by atoms with van der Waals surface area (Å²) in [5, 5.41) is 8.28. The lowest BCUT2D eigenvalue weighted by Gasteiger charge is -2.25. The molecule has 0 aliphatic heterocycles. The Kier molecular flexibility index (Phi) is 2.91. The van der Waals surface area contributed by atoms with E-state index in [2.05, 4.69) is 0 Å². The van der Waals surface area contributed by atoms with Gasteiger partial charge in [-0.2, -0.15) is 0 Å². The summed E-state index contributed by atoms with van der Waals surface area (Å²) >= 11 is 0. The third-order valence-corrected chi connectivity index (χ3v) is 5.25. The minimum Gasteiger partial charge on any atom is -0.478 e. The molecule has 0 bridgehead atoms. The van der Waals surface area contributed by atoms with Crippen LogP contribution in [0.4, 0.5) is 4.39 Å². The molecule has 92 valence electrons. The number of hydrogen-bond donors (Lipinski definition) is 1. The van der Waals surface area contributed by atoms with Crippen LogP contribution in [0.5, 0.6) is 0 Å². The number of halogens is 1. The van der Waals surface area contributed by atoms with Crippen LogP contribution >= 0.6 is 0 Å². The van der Waals surface area contributed by atoms with E-state index in [1.807, 2.05) is 0 Å². The lowest BCUT2D eigenvalue weighted by molar-refractivity contribution is 0.0691. The van der Waals surface area contributed by atoms with Crippen LogP contribution in [-0.4, -0.2) is 24.7 Å². The summed E-state index contributed by atoms with van der Waals surface area (Å²) in [5.41, 5.74) is -0.606. The second-order valence-corrected chi connectivity index (χ2v) is 6.27. The van der Waals surface area contributed by atoms with Gasteiger partial charge in [0.05, 0.1) is 15.7 Å². The van der Waals surface area contributed by atoms with Crippen LogP contribution in [-0.2, 0) is 9.84 Å². The van der Waals surface area contributed by atoms with Gasteiger partial charge in [-0.1, -0.05) is 6.42 Å². The Hall–Kier alpha value is -1.43. The van der Waals surface area contributed by atoms with Gasteiger partial charge in [-0.05, 0) is 31.0 Å². The van der Waals surface area contributed by atoms with Crippen molar-refractivity contribution < 1.29 is 22.7 Å². The summed E-state index contributed by atoms with van der Waals surface area (Å²) < 4.78 is 37.1. The maximum atomic E-state index is 13.1. The Labute approximate surface area is 98.0 Å². The highest BCUT2D eigenvalue weighted by atomic mass is 32.2. The number of carboxylic acid groups (broad SMARTS) is 1. The van der Waals surface area contributed by atoms with Crippen LogP contribution in [0.3, 0.4) is 0 Å². The first-order chi connectivity index (χ1) is 7.93. The Balaban J connectivity index is 2.46. The van der Waals surface area contributed by atoms with Crippen molar-refractivity contribution in [3.63, 3.8) is 0 Å². The van der Waals surface area contributed by atoms with Crippen LogP contribution in [0.1, 0.15) is 29.6 Å². The molecule has 1 aliphatic rings. The van der Waals surface area contributed by atoms with Crippen molar-refractivity contribution in [1.29, 1.82) is 0 Å². The molecule has 0 radical (unpaired) electrons. The van der Waals surface area contributed by atoms with E-state index in [4.69, 9.17) is 5.11 Å². The molecule has 0 aromatic heterocycles. The summed E-state index contributed by atoms with van der Waals surface area (Å²) in [6.07, 6.45) is 2.03. The quantitative estimate of drug-likeness (QED) is 0.840. The van der Waals surface area contributed by atoms with E-state index >= 15 is 0 Å². The van der Waals surface area contributed by atoms with Gasteiger partial charge >= 0.3 is 5.97 Å². The minimum absolute atomic E-state index is 0.110. The van der Waals surface area contributed by atoms with E-state index < -0.39 is 32.4 Å². The fourth-order valence-electron chi connectivity index (χ4n) is 1.72. The van der Waals surface area contributed by atoms with Crippen molar-refractivity contribution in [2.45, 2.75) is 29.4 Å². The fraction of sp³-hybridized carbons (Fsp3) is 0.364. The second-order valence-electron chi connectivity index (χ2n) is 4.04. The number of carbonyl (C=O) groups is 1. The largest absolute Gasteiger partial charge is 0.478 e. The molecule has 1 aromatic carbocycles. The molecule has 1 aromatic rings. The zero-order valence-electron chi connectivity index (χ0n) is 8.89. The summed E-state index contributed by atoms with van der Waals surface area (Å²) in [7, 11) is -3.51. The van der Waals surface area contributed by atoms with Gasteiger partial charge in [0.1, 0.15) is 5.82 Å². The number of aromatic carboxylic acids is 1. The van der Waals surface area contributed by atoms with Gasteiger partial charge in [0, 0.05) is 0 Å². The van der Waals surface area contributed by atoms with E-state index in [9.17, 15) is 17.6 Å². The first-order valence-corrected chi connectivity index (χ1v) is 6.74. The highest BCUT2D eigenvalue weighted by Crippen LogP contribution is 2.31. The third-order valence-electron chi connectivity index (χ3n) is 2.99. The van der Waals surface area contributed by atoms with Crippen molar-refractivity contribution in [2.75, 3.05) is 0 Å². The van der Waals surface area contributed by atoms with Crippen LogP contribution in [0.15, 0.2) is 23.1 Å². The Bertz CT molecular complexity index is 561. The SMILES string of the molecule is O=C(O)c1cc(S(=O)(=O)C2CCC2)ccc1F. The van der Waals surface area contributed by atoms with Gasteiger partial charge in [0.15, 0.2) is 9.84 Å². The molecule has 17 heavy (non-hydrogen) atoms. The van der Waals surface area contributed by atoms with E-state index in [1.54, 1.807) is 0 Å². The lowest BCUT2D eigenvalue weighted by atomic mass is 10.00. The lowest BCUT2D eigenvalue weighted by Crippen LogP contribution is -2.28. The molecule has 1 saturated carbocycles. The van der Waals surface area contributed by atoms with Crippen LogP contribution in [0, 0.1) is 5.82 Å². The predicted octanol–water partition coefficient (Wildman–Crippen LogP) is 1.85. The molecule has 4 nitrogen and oxygen atoms in total. The second kappa shape index (κ2) is 4.10. The molecule has 1 N–H and O–H groups in total. The summed E-state index contributed by atoms with van der Waals surface area (Å²) in [6.45, 7) is 0. The molecule has 0 saturated heterocycles. The Morgan fingerprint density at radius 2 is 2.00 bits per heavy atom. The van der Waals surface area contributed by atoms with E-state index in [0.717, 1.165) is 24.6 Å². The molecule has 0 atom stereocenters. The van der Waals surface area contributed by atoms with Gasteiger partial charge in [0.2, 0.25) is 0 Å². The topological polar surface area (TPSA) is 71.4 Å². The molecule has 1 fully saturated rings. The first-order valence-electron chi connectivity index (χ1n) is 5.19. The number of hydrogen-bond acceptors (Lipinski definition) is 3. The van der Waals surface area contributed by atoms with Gasteiger partial charge in [-0.25, -0.2) is 17.6 Å². The molecule has 0 spiro atoms. The standard InChI is InChI=1S/C11H11FO4S/c12-10-5-4-8(6-9(10)11(13)14)17(15,16)7-2-1-3-7/h4-7H,1-3H2,(H,13,14). The van der Waals surface area contributed by atoms with E-state index in [-0.39, 0.29) is 4.90 Å². The van der Waals surface area contributed by atoms with Gasteiger partial charge in [0.25, 0.3) is 0 Å². The highest BCUT2D eigenvalue weighted by molar-refractivity contribution is 7.92. The number of benzene rings is 1. The van der Waals surface area contributed by atoms with Crippen molar-refractivity contribution in [2.24, 2.45) is 0 Å². The fourth-order valence-corrected chi connectivity index (χ4v) is 3.60. The molecule has 0 unspecified atom stereocenters. The maximum absolute atomic E-state index is 13.1. The number of rotatable bonds is 3. The molecular weight excluding hydrogens is 247 g/mol. The summed E-state index contributed by atoms with van der Waals surface area (Å²) in [4.78, 5) is 10.6. The van der Waals surface area contributed by atoms with Crippen LogP contribution in [0.2, 0.25) is 0 Å². The van der Waals surface area contributed by atoms with Crippen LogP contribution in [0.25, 0.3) is 0 Å². The third kappa shape index (κ3) is 2.04. The van der Waals surface area contributed by atoms with Crippen molar-refractivity contribution >= 4 is 15.8 Å². The van der Waals surface area contributed by atoms with Gasteiger partial charge < -0.3 is 5.11 Å². The normalized spacial score (nSPS) is 16.5. The number of carboxylic acids is 1. The molecule has 2 rings (SSSR count). The average Bonchev–Trinajstić information content (AvgIpc) is 2.13. The smallest absolute Gasteiger partial charge is 0.338 e. The average molecular weight is 258 g/mol. The van der Waals surface area contributed by atoms with E-state index in [0.29, 0.717) is 12.8 Å². The summed E-state index contributed by atoms with van der Waals surface area (Å²) in [6, 6.07) is 2.90. The first kappa shape index (κ1) is 12.0. The van der Waals surface area contributed by atoms with Gasteiger partial charge in [-0.15, -0.1) is 0 Å². The molecule has 1 aliphatic carbocycles. The zero-order chi connectivity index (χ0) is 12.6. The minimum atomic E-state index is -3.51. The van der Waals surface area contributed by atoms with Crippen molar-refractivity contribution in [3.05, 3.63) is 29.6 Å². The molecule has 0 amide bonds. The Morgan fingerprint density at radius 3 is 2.47 bits per heavy atom. The van der Waals surface area contributed by atoms with Crippen LogP contribution < -0.4 is 0 Å². The van der Waals surface area contributed by atoms with E-state index in [1.165, 1.54) is 0 Å². The maximum Gasteiger partial charge on any atom is 0.338 e. The van der Waals surface area contributed by atoms with Gasteiger partial charge in [-0.3, -0.25) is 0 Å². The molecular formula is C11H11FO4S. The molecule has 0 heterocycles. The van der Waals surface area contributed by atoms with Crippen molar-refractivity contribution in [3.8, 4) is 0 Å². The zero-order valence-corrected chi connectivity index (χ0v) is 9.71. The highest BCUT2D eigenvalue weighted by Gasteiger charge is 2.33. The predicted molar refractivity (Wildman–Crippen MR) is 58.2 cm³/mol. The Morgan fingerprint density at radius 1 is 1.35 bits per heavy atom. The number of sulfone groups is 1. The molecule has 6 heteroatoms. The monoisotopic (exact) mass is 258 g/mol. The van der Waals surface area contributed by atoms with Crippen molar-refractivity contribution in [1.82, 2.24) is 0 Å². The summed E-state index contributed by atoms with van der Waals surface area (Å²) in [5.74, 6) is -2.39.